The van der Waals surface area contributed by atoms with Crippen LogP contribution < -0.4 is 0 Å². The van der Waals surface area contributed by atoms with Crippen LogP contribution in [0.25, 0.3) is 11.0 Å². The van der Waals surface area contributed by atoms with Crippen molar-refractivity contribution in [1.29, 1.82) is 0 Å². The van der Waals surface area contributed by atoms with Gasteiger partial charge in [-0.15, -0.1) is 0 Å². The fourth-order valence-corrected chi connectivity index (χ4v) is 7.39. The molecule has 0 saturated heterocycles. The average Bonchev–Trinajstić information content (AvgIpc) is 2.96. The minimum atomic E-state index is -0.348. The van der Waals surface area contributed by atoms with E-state index in [-0.39, 0.29) is 21.8 Å². The Hall–Kier alpha value is -1.29. The molecule has 3 unspecified atom stereocenters. The van der Waals surface area contributed by atoms with E-state index < -0.39 is 0 Å². The first-order chi connectivity index (χ1) is 11.9. The zero-order chi connectivity index (χ0) is 17.2. The molecule has 4 heteroatoms. The van der Waals surface area contributed by atoms with Gasteiger partial charge in [-0.05, 0) is 69.4 Å². The van der Waals surface area contributed by atoms with Crippen molar-refractivity contribution in [3.63, 3.8) is 0 Å². The van der Waals surface area contributed by atoms with Crippen LogP contribution in [-0.2, 0) is 9.53 Å². The minimum Gasteiger partial charge on any atom is -0.457 e. The van der Waals surface area contributed by atoms with E-state index in [0.29, 0.717) is 11.8 Å². The SMILES string of the molecule is CC(OC(=O)C12CC3CC(CC(Br)(C3)C1)C2)c1cc2ccccc2o1. The number of esters is 1. The van der Waals surface area contributed by atoms with Crippen LogP contribution >= 0.6 is 15.9 Å². The normalized spacial score (nSPS) is 37.4. The zero-order valence-corrected chi connectivity index (χ0v) is 16.1. The maximum absolute atomic E-state index is 13.2. The van der Waals surface area contributed by atoms with Crippen molar-refractivity contribution in [3.8, 4) is 0 Å². The third kappa shape index (κ3) is 2.56. The van der Waals surface area contributed by atoms with E-state index in [1.54, 1.807) is 0 Å². The van der Waals surface area contributed by atoms with Crippen molar-refractivity contribution < 1.29 is 13.9 Å². The molecule has 0 aliphatic heterocycles. The summed E-state index contributed by atoms with van der Waals surface area (Å²) in [6, 6.07) is 9.89. The third-order valence-corrected chi connectivity index (χ3v) is 7.48. The molecule has 3 nitrogen and oxygen atoms in total. The Morgan fingerprint density at radius 2 is 1.96 bits per heavy atom. The minimum absolute atomic E-state index is 0.0154. The van der Waals surface area contributed by atoms with Crippen molar-refractivity contribution in [1.82, 2.24) is 0 Å². The number of carbonyl (C=O) groups excluding carboxylic acids is 1. The summed E-state index contributed by atoms with van der Waals surface area (Å²) in [7, 11) is 0. The zero-order valence-electron chi connectivity index (χ0n) is 14.5. The van der Waals surface area contributed by atoms with E-state index >= 15 is 0 Å². The molecule has 1 aromatic carbocycles. The Balaban J connectivity index is 1.38. The van der Waals surface area contributed by atoms with Crippen molar-refractivity contribution in [2.75, 3.05) is 0 Å². The first kappa shape index (κ1) is 15.9. The molecule has 0 amide bonds. The summed E-state index contributed by atoms with van der Waals surface area (Å²) in [5.41, 5.74) is 0.558. The molecule has 4 fully saturated rings. The van der Waals surface area contributed by atoms with Gasteiger partial charge in [0.25, 0.3) is 0 Å². The molecule has 132 valence electrons. The molecule has 6 rings (SSSR count). The predicted molar refractivity (Wildman–Crippen MR) is 99.5 cm³/mol. The predicted octanol–water partition coefficient (Wildman–Crippen LogP) is 5.77. The Kier molecular flexibility index (Phi) is 3.41. The molecular weight excluding hydrogens is 380 g/mol. The number of rotatable bonds is 3. The number of hydrogen-bond donors (Lipinski definition) is 0. The van der Waals surface area contributed by atoms with E-state index in [2.05, 4.69) is 15.9 Å². The molecule has 0 N–H and O–H groups in total. The van der Waals surface area contributed by atoms with E-state index in [4.69, 9.17) is 9.15 Å². The fraction of sp³-hybridized carbons (Fsp3) is 0.571. The summed E-state index contributed by atoms with van der Waals surface area (Å²) in [4.78, 5) is 13.2. The van der Waals surface area contributed by atoms with Crippen molar-refractivity contribution >= 4 is 32.9 Å². The molecule has 2 aromatic rings. The molecule has 4 bridgehead atoms. The van der Waals surface area contributed by atoms with Crippen molar-refractivity contribution in [2.45, 2.75) is 55.9 Å². The van der Waals surface area contributed by atoms with Gasteiger partial charge < -0.3 is 9.15 Å². The first-order valence-corrected chi connectivity index (χ1v) is 10.1. The number of furan rings is 1. The lowest BCUT2D eigenvalue weighted by molar-refractivity contribution is -0.175. The summed E-state index contributed by atoms with van der Waals surface area (Å²) in [5.74, 6) is 2.07. The summed E-state index contributed by atoms with van der Waals surface area (Å²) < 4.78 is 12.0. The molecular formula is C21H23BrO3. The van der Waals surface area contributed by atoms with Gasteiger partial charge in [-0.3, -0.25) is 4.79 Å². The third-order valence-electron chi connectivity index (χ3n) is 6.55. The number of carbonyl (C=O) groups is 1. The second-order valence-electron chi connectivity index (χ2n) is 8.63. The maximum Gasteiger partial charge on any atom is 0.312 e. The van der Waals surface area contributed by atoms with Crippen LogP contribution in [0.4, 0.5) is 0 Å². The monoisotopic (exact) mass is 402 g/mol. The van der Waals surface area contributed by atoms with Gasteiger partial charge in [0.05, 0.1) is 5.41 Å². The van der Waals surface area contributed by atoms with Crippen LogP contribution in [0.3, 0.4) is 0 Å². The van der Waals surface area contributed by atoms with Crippen LogP contribution in [0, 0.1) is 17.3 Å². The van der Waals surface area contributed by atoms with E-state index in [1.165, 1.54) is 19.3 Å². The van der Waals surface area contributed by atoms with E-state index in [9.17, 15) is 4.79 Å². The second-order valence-corrected chi connectivity index (χ2v) is 10.3. The number of halogens is 1. The van der Waals surface area contributed by atoms with E-state index in [0.717, 1.165) is 36.0 Å². The Bertz CT molecular complexity index is 792. The highest BCUT2D eigenvalue weighted by Crippen LogP contribution is 2.64. The van der Waals surface area contributed by atoms with Crippen LogP contribution in [0.1, 0.15) is 57.3 Å². The van der Waals surface area contributed by atoms with Gasteiger partial charge in [-0.1, -0.05) is 34.1 Å². The molecule has 4 saturated carbocycles. The molecule has 25 heavy (non-hydrogen) atoms. The fourth-order valence-electron chi connectivity index (χ4n) is 5.94. The Morgan fingerprint density at radius 1 is 1.24 bits per heavy atom. The highest BCUT2D eigenvalue weighted by atomic mass is 79.9. The average molecular weight is 403 g/mol. The largest absolute Gasteiger partial charge is 0.457 e. The molecule has 0 radical (unpaired) electrons. The standard InChI is InChI=1S/C21H23BrO3/c1-13(18-7-16-4-2-3-5-17(16)25-18)24-19(23)20-8-14-6-15(9-20)11-21(22,10-14)12-20/h2-5,7,13-15H,6,8-12H2,1H3. The summed E-state index contributed by atoms with van der Waals surface area (Å²) >= 11 is 3.97. The van der Waals surface area contributed by atoms with Gasteiger partial charge in [0, 0.05) is 9.71 Å². The molecule has 1 heterocycles. The first-order valence-electron chi connectivity index (χ1n) is 9.33. The Morgan fingerprint density at radius 3 is 2.64 bits per heavy atom. The number of ether oxygens (including phenoxy) is 1. The lowest BCUT2D eigenvalue weighted by atomic mass is 9.49. The van der Waals surface area contributed by atoms with Crippen LogP contribution in [0.2, 0.25) is 0 Å². The molecule has 4 aliphatic carbocycles. The van der Waals surface area contributed by atoms with E-state index in [1.807, 2.05) is 37.3 Å². The molecule has 3 atom stereocenters. The lowest BCUT2D eigenvalue weighted by Crippen LogP contribution is -2.56. The van der Waals surface area contributed by atoms with Crippen molar-refractivity contribution in [3.05, 3.63) is 36.1 Å². The van der Waals surface area contributed by atoms with Crippen LogP contribution in [-0.4, -0.2) is 10.3 Å². The summed E-state index contributed by atoms with van der Waals surface area (Å²) in [5, 5.41) is 1.05. The molecule has 0 spiro atoms. The van der Waals surface area contributed by atoms with Gasteiger partial charge >= 0.3 is 5.97 Å². The second kappa shape index (κ2) is 5.35. The highest BCUT2D eigenvalue weighted by molar-refractivity contribution is 9.10. The van der Waals surface area contributed by atoms with Gasteiger partial charge in [-0.2, -0.15) is 0 Å². The summed E-state index contributed by atoms with van der Waals surface area (Å²) in [6.07, 6.45) is 6.32. The number of benzene rings is 1. The van der Waals surface area contributed by atoms with Crippen LogP contribution in [0.5, 0.6) is 0 Å². The highest BCUT2D eigenvalue weighted by Gasteiger charge is 2.60. The number of para-hydroxylation sites is 1. The quantitative estimate of drug-likeness (QED) is 0.482. The smallest absolute Gasteiger partial charge is 0.312 e. The topological polar surface area (TPSA) is 39.4 Å². The number of fused-ring (bicyclic) bond motifs is 1. The maximum atomic E-state index is 13.2. The molecule has 1 aromatic heterocycles. The van der Waals surface area contributed by atoms with Crippen molar-refractivity contribution in [2.24, 2.45) is 17.3 Å². The van der Waals surface area contributed by atoms with Gasteiger partial charge in [0.1, 0.15) is 11.3 Å². The summed E-state index contributed by atoms with van der Waals surface area (Å²) in [6.45, 7) is 1.92. The van der Waals surface area contributed by atoms with Crippen LogP contribution in [0.15, 0.2) is 34.7 Å². The Labute approximate surface area is 156 Å². The number of hydrogen-bond acceptors (Lipinski definition) is 3. The molecule has 4 aliphatic rings. The van der Waals surface area contributed by atoms with Gasteiger partial charge in [0.2, 0.25) is 0 Å². The number of alkyl halides is 1. The van der Waals surface area contributed by atoms with Gasteiger partial charge in [0.15, 0.2) is 6.10 Å². The van der Waals surface area contributed by atoms with Gasteiger partial charge in [-0.25, -0.2) is 0 Å². The lowest BCUT2D eigenvalue weighted by Gasteiger charge is -2.58.